The van der Waals surface area contributed by atoms with Crippen molar-refractivity contribution in [3.63, 3.8) is 0 Å². The predicted molar refractivity (Wildman–Crippen MR) is 92.6 cm³/mol. The van der Waals surface area contributed by atoms with Crippen molar-refractivity contribution in [1.29, 1.82) is 0 Å². The van der Waals surface area contributed by atoms with Gasteiger partial charge in [0.15, 0.2) is 11.6 Å². The summed E-state index contributed by atoms with van der Waals surface area (Å²) in [5.74, 6) is -3.18. The summed E-state index contributed by atoms with van der Waals surface area (Å²) < 4.78 is 40.7. The highest BCUT2D eigenvalue weighted by atomic mass is 19.2. The van der Waals surface area contributed by atoms with Crippen LogP contribution in [0.3, 0.4) is 0 Å². The summed E-state index contributed by atoms with van der Waals surface area (Å²) in [6, 6.07) is 11.8. The third-order valence-corrected chi connectivity index (χ3v) is 5.21. The van der Waals surface area contributed by atoms with Gasteiger partial charge in [0.1, 0.15) is 5.82 Å². The molecule has 1 saturated carbocycles. The molecule has 1 aliphatic rings. The summed E-state index contributed by atoms with van der Waals surface area (Å²) in [6.07, 6.45) is 2.21. The number of hydrogen-bond donors (Lipinski definition) is 1. The Morgan fingerprint density at radius 2 is 1.68 bits per heavy atom. The average Bonchev–Trinajstić information content (AvgIpc) is 2.59. The van der Waals surface area contributed by atoms with Crippen molar-refractivity contribution in [2.24, 2.45) is 5.73 Å². The first-order chi connectivity index (χ1) is 12.0. The van der Waals surface area contributed by atoms with Crippen LogP contribution < -0.4 is 5.73 Å². The normalized spacial score (nSPS) is 23.8. The Kier molecular flexibility index (Phi) is 5.45. The maximum absolute atomic E-state index is 14.1. The van der Waals surface area contributed by atoms with E-state index in [1.807, 2.05) is 18.2 Å². The molecule has 2 N–H and O–H groups in total. The van der Waals surface area contributed by atoms with E-state index >= 15 is 0 Å². The highest BCUT2D eigenvalue weighted by Crippen LogP contribution is 2.36. The molecule has 0 aliphatic heterocycles. The van der Waals surface area contributed by atoms with Gasteiger partial charge in [-0.15, -0.1) is 0 Å². The Labute approximate surface area is 146 Å². The zero-order valence-electron chi connectivity index (χ0n) is 14.3. The molecule has 1 aliphatic carbocycles. The number of rotatable bonds is 4. The minimum Gasteiger partial charge on any atom is -0.327 e. The van der Waals surface area contributed by atoms with Crippen LogP contribution >= 0.6 is 0 Å². The molecule has 0 radical (unpaired) electrons. The lowest BCUT2D eigenvalue weighted by Gasteiger charge is -2.39. The fourth-order valence-corrected chi connectivity index (χ4v) is 3.79. The van der Waals surface area contributed by atoms with E-state index < -0.39 is 17.5 Å². The molecule has 0 saturated heterocycles. The average molecular weight is 348 g/mol. The summed E-state index contributed by atoms with van der Waals surface area (Å²) in [7, 11) is 2.06. The molecule has 25 heavy (non-hydrogen) atoms. The Balaban J connectivity index is 1.67. The van der Waals surface area contributed by atoms with Crippen molar-refractivity contribution in [3.05, 3.63) is 71.0 Å². The van der Waals surface area contributed by atoms with E-state index in [2.05, 4.69) is 24.1 Å². The fraction of sp³-hybridized carbons (Fsp3) is 0.400. The standard InChI is InChI=1S/C20H23F3N2/c1-25(12-13-5-3-2-4-6-13)14-7-8-15(20(24)9-14)16-10-18(22)19(23)11-17(16)21/h2-6,10-11,14-15,20H,7-9,12,24H2,1H3/t14?,15-,20?/m1/s1. The van der Waals surface area contributed by atoms with E-state index in [0.717, 1.165) is 19.0 Å². The molecule has 1 fully saturated rings. The van der Waals surface area contributed by atoms with Gasteiger partial charge in [-0.25, -0.2) is 13.2 Å². The van der Waals surface area contributed by atoms with E-state index in [0.29, 0.717) is 24.9 Å². The van der Waals surface area contributed by atoms with Crippen molar-refractivity contribution < 1.29 is 13.2 Å². The maximum atomic E-state index is 14.1. The van der Waals surface area contributed by atoms with E-state index in [-0.39, 0.29) is 17.5 Å². The predicted octanol–water partition coefficient (Wildman–Crippen LogP) is 4.20. The molecule has 2 unspecified atom stereocenters. The van der Waals surface area contributed by atoms with Crippen molar-refractivity contribution in [1.82, 2.24) is 4.90 Å². The molecule has 134 valence electrons. The molecular weight excluding hydrogens is 325 g/mol. The van der Waals surface area contributed by atoms with Crippen molar-refractivity contribution in [2.75, 3.05) is 7.05 Å². The lowest BCUT2D eigenvalue weighted by Crippen LogP contribution is -2.44. The summed E-state index contributed by atoms with van der Waals surface area (Å²) in [6.45, 7) is 0.822. The Hall–Kier alpha value is -1.85. The van der Waals surface area contributed by atoms with E-state index in [1.54, 1.807) is 0 Å². The van der Waals surface area contributed by atoms with Crippen LogP contribution in [0.5, 0.6) is 0 Å². The van der Waals surface area contributed by atoms with Crippen LogP contribution in [0.4, 0.5) is 13.2 Å². The highest BCUT2D eigenvalue weighted by molar-refractivity contribution is 5.26. The minimum atomic E-state index is -1.16. The molecule has 0 spiro atoms. The quantitative estimate of drug-likeness (QED) is 0.839. The maximum Gasteiger partial charge on any atom is 0.161 e. The number of halogens is 3. The van der Waals surface area contributed by atoms with E-state index in [9.17, 15) is 13.2 Å². The van der Waals surface area contributed by atoms with Gasteiger partial charge in [0.25, 0.3) is 0 Å². The molecule has 2 aromatic carbocycles. The first-order valence-electron chi connectivity index (χ1n) is 8.60. The van der Waals surface area contributed by atoms with Gasteiger partial charge in [-0.05, 0) is 43.5 Å². The number of nitrogens with two attached hydrogens (primary N) is 1. The van der Waals surface area contributed by atoms with Gasteiger partial charge in [0, 0.05) is 30.6 Å². The first kappa shape index (κ1) is 18.0. The largest absolute Gasteiger partial charge is 0.327 e. The van der Waals surface area contributed by atoms with Crippen LogP contribution in [0.15, 0.2) is 42.5 Å². The molecule has 2 aromatic rings. The van der Waals surface area contributed by atoms with E-state index in [4.69, 9.17) is 5.73 Å². The van der Waals surface area contributed by atoms with E-state index in [1.165, 1.54) is 5.56 Å². The molecule has 0 bridgehead atoms. The van der Waals surface area contributed by atoms with Crippen molar-refractivity contribution in [2.45, 2.75) is 43.8 Å². The summed E-state index contributed by atoms with van der Waals surface area (Å²) in [5, 5.41) is 0. The SMILES string of the molecule is CN(Cc1ccccc1)C1CC[C@H](c2cc(F)c(F)cc2F)C(N)C1. The van der Waals surface area contributed by atoms with Gasteiger partial charge in [-0.3, -0.25) is 4.90 Å². The fourth-order valence-electron chi connectivity index (χ4n) is 3.79. The second kappa shape index (κ2) is 7.58. The van der Waals surface area contributed by atoms with Crippen LogP contribution in [-0.4, -0.2) is 24.0 Å². The Bertz CT molecular complexity index is 720. The van der Waals surface area contributed by atoms with Crippen LogP contribution in [0.25, 0.3) is 0 Å². The highest BCUT2D eigenvalue weighted by Gasteiger charge is 2.33. The molecule has 3 rings (SSSR count). The Morgan fingerprint density at radius 1 is 1.00 bits per heavy atom. The molecule has 0 amide bonds. The van der Waals surface area contributed by atoms with Gasteiger partial charge >= 0.3 is 0 Å². The minimum absolute atomic E-state index is 0.190. The van der Waals surface area contributed by atoms with Gasteiger partial charge < -0.3 is 5.73 Å². The first-order valence-corrected chi connectivity index (χ1v) is 8.60. The number of hydrogen-bond acceptors (Lipinski definition) is 2. The zero-order chi connectivity index (χ0) is 18.0. The van der Waals surface area contributed by atoms with Crippen molar-refractivity contribution in [3.8, 4) is 0 Å². The summed E-state index contributed by atoms with van der Waals surface area (Å²) in [4.78, 5) is 2.26. The molecular formula is C20H23F3N2. The monoisotopic (exact) mass is 348 g/mol. The lowest BCUT2D eigenvalue weighted by atomic mass is 9.77. The van der Waals surface area contributed by atoms with Gasteiger partial charge in [-0.1, -0.05) is 30.3 Å². The second-order valence-electron chi connectivity index (χ2n) is 6.93. The molecule has 0 aromatic heterocycles. The Morgan fingerprint density at radius 3 is 2.36 bits per heavy atom. The van der Waals surface area contributed by atoms with Crippen LogP contribution in [0.2, 0.25) is 0 Å². The van der Waals surface area contributed by atoms with Gasteiger partial charge in [0.05, 0.1) is 0 Å². The summed E-state index contributed by atoms with van der Waals surface area (Å²) in [5.41, 5.74) is 7.70. The molecule has 2 nitrogen and oxygen atoms in total. The third kappa shape index (κ3) is 4.05. The van der Waals surface area contributed by atoms with Crippen molar-refractivity contribution >= 4 is 0 Å². The smallest absolute Gasteiger partial charge is 0.161 e. The van der Waals surface area contributed by atoms with Crippen LogP contribution in [0, 0.1) is 17.5 Å². The zero-order valence-corrected chi connectivity index (χ0v) is 14.3. The summed E-state index contributed by atoms with van der Waals surface area (Å²) >= 11 is 0. The third-order valence-electron chi connectivity index (χ3n) is 5.21. The number of nitrogens with zero attached hydrogens (tertiary/aromatic N) is 1. The topological polar surface area (TPSA) is 29.3 Å². The lowest BCUT2D eigenvalue weighted by molar-refractivity contribution is 0.161. The molecule has 3 atom stereocenters. The molecule has 5 heteroatoms. The molecule has 0 heterocycles. The van der Waals surface area contributed by atoms with Gasteiger partial charge in [0.2, 0.25) is 0 Å². The second-order valence-corrected chi connectivity index (χ2v) is 6.93. The van der Waals surface area contributed by atoms with Crippen LogP contribution in [-0.2, 0) is 6.54 Å². The number of benzene rings is 2. The van der Waals surface area contributed by atoms with Gasteiger partial charge in [-0.2, -0.15) is 0 Å². The van der Waals surface area contributed by atoms with Crippen LogP contribution in [0.1, 0.15) is 36.3 Å².